The van der Waals surface area contributed by atoms with Crippen LogP contribution in [0.25, 0.3) is 0 Å². The summed E-state index contributed by atoms with van der Waals surface area (Å²) in [7, 11) is 5.56. The van der Waals surface area contributed by atoms with Gasteiger partial charge in [0.15, 0.2) is 0 Å². The fourth-order valence-electron chi connectivity index (χ4n) is 2.90. The van der Waals surface area contributed by atoms with Crippen molar-refractivity contribution in [2.24, 2.45) is 0 Å². The van der Waals surface area contributed by atoms with E-state index in [1.807, 2.05) is 80.5 Å². The molecule has 2 aromatic carbocycles. The van der Waals surface area contributed by atoms with Crippen LogP contribution in [0, 0.1) is 6.92 Å². The molecule has 31 heavy (non-hydrogen) atoms. The first-order chi connectivity index (χ1) is 14.9. The maximum atomic E-state index is 12.3. The minimum absolute atomic E-state index is 0.112. The Morgan fingerprint density at radius 1 is 1.00 bits per heavy atom. The molecule has 0 aliphatic heterocycles. The molecule has 8 heteroatoms. The predicted molar refractivity (Wildman–Crippen MR) is 125 cm³/mol. The zero-order chi connectivity index (χ0) is 22.2. The van der Waals surface area contributed by atoms with Gasteiger partial charge in [-0.25, -0.2) is 4.98 Å². The van der Waals surface area contributed by atoms with E-state index in [4.69, 9.17) is 4.74 Å². The van der Waals surface area contributed by atoms with E-state index in [-0.39, 0.29) is 5.91 Å². The zero-order valence-corrected chi connectivity index (χ0v) is 18.3. The van der Waals surface area contributed by atoms with Gasteiger partial charge in [-0.1, -0.05) is 0 Å². The summed E-state index contributed by atoms with van der Waals surface area (Å²) in [5, 5.41) is 9.32. The third kappa shape index (κ3) is 6.33. The van der Waals surface area contributed by atoms with Crippen molar-refractivity contribution < 1.29 is 9.53 Å². The topological polar surface area (TPSA) is 91.4 Å². The second-order valence-electron chi connectivity index (χ2n) is 7.20. The molecule has 0 fully saturated rings. The fourth-order valence-corrected chi connectivity index (χ4v) is 2.90. The number of carbonyl (C=O) groups is 1. The Labute approximate surface area is 182 Å². The number of nitrogens with zero attached hydrogens (tertiary/aromatic N) is 3. The highest BCUT2D eigenvalue weighted by Gasteiger charge is 2.06. The molecule has 3 aromatic rings. The summed E-state index contributed by atoms with van der Waals surface area (Å²) in [6, 6.07) is 17.0. The monoisotopic (exact) mass is 420 g/mol. The van der Waals surface area contributed by atoms with Gasteiger partial charge in [-0.2, -0.15) is 4.98 Å². The second kappa shape index (κ2) is 10.3. The van der Waals surface area contributed by atoms with E-state index in [0.29, 0.717) is 30.4 Å². The number of nitrogens with one attached hydrogen (secondary N) is 3. The Hall–Kier alpha value is -3.81. The molecule has 1 heterocycles. The minimum atomic E-state index is -0.112. The molecular formula is C23H28N6O2. The van der Waals surface area contributed by atoms with E-state index in [1.54, 1.807) is 7.11 Å². The number of methoxy groups -OCH3 is 1. The third-order valence-corrected chi connectivity index (χ3v) is 4.56. The Kier molecular flexibility index (Phi) is 7.26. The van der Waals surface area contributed by atoms with Gasteiger partial charge < -0.3 is 25.6 Å². The van der Waals surface area contributed by atoms with Crippen molar-refractivity contribution in [1.29, 1.82) is 0 Å². The number of aromatic nitrogens is 2. The summed E-state index contributed by atoms with van der Waals surface area (Å²) >= 11 is 0. The van der Waals surface area contributed by atoms with Crippen LogP contribution in [0.5, 0.6) is 5.75 Å². The van der Waals surface area contributed by atoms with Crippen LogP contribution in [0.2, 0.25) is 0 Å². The number of amides is 1. The SMILES string of the molecule is COc1ccc(Nc2cc(C)nc(NCCNC(=O)c3ccc(N(C)C)cc3)n2)cc1. The van der Waals surface area contributed by atoms with Crippen LogP contribution in [-0.2, 0) is 0 Å². The number of benzene rings is 2. The maximum absolute atomic E-state index is 12.3. The molecule has 8 nitrogen and oxygen atoms in total. The third-order valence-electron chi connectivity index (χ3n) is 4.56. The van der Waals surface area contributed by atoms with E-state index in [0.717, 1.165) is 22.8 Å². The lowest BCUT2D eigenvalue weighted by Gasteiger charge is -2.13. The van der Waals surface area contributed by atoms with Gasteiger partial charge >= 0.3 is 0 Å². The number of rotatable bonds is 9. The number of ether oxygens (including phenoxy) is 1. The van der Waals surface area contributed by atoms with Crippen molar-refractivity contribution in [1.82, 2.24) is 15.3 Å². The number of hydrogen-bond acceptors (Lipinski definition) is 7. The Morgan fingerprint density at radius 3 is 2.35 bits per heavy atom. The molecule has 0 spiro atoms. The Bertz CT molecular complexity index is 1000. The highest BCUT2D eigenvalue weighted by molar-refractivity contribution is 5.94. The second-order valence-corrected chi connectivity index (χ2v) is 7.20. The first kappa shape index (κ1) is 21.9. The van der Waals surface area contributed by atoms with Gasteiger partial charge in [-0.3, -0.25) is 4.79 Å². The molecule has 0 atom stereocenters. The van der Waals surface area contributed by atoms with Crippen LogP contribution in [0.4, 0.5) is 23.1 Å². The zero-order valence-electron chi connectivity index (χ0n) is 18.3. The average Bonchev–Trinajstić information content (AvgIpc) is 2.77. The summed E-state index contributed by atoms with van der Waals surface area (Å²) in [5.41, 5.74) is 3.41. The number of anilines is 4. The van der Waals surface area contributed by atoms with Gasteiger partial charge in [0.05, 0.1) is 7.11 Å². The molecule has 0 saturated heterocycles. The predicted octanol–water partition coefficient (Wildman–Crippen LogP) is 3.45. The highest BCUT2D eigenvalue weighted by atomic mass is 16.5. The van der Waals surface area contributed by atoms with Gasteiger partial charge in [0, 0.05) is 55.9 Å². The molecule has 0 unspecified atom stereocenters. The molecule has 0 aliphatic carbocycles. The lowest BCUT2D eigenvalue weighted by molar-refractivity contribution is 0.0955. The molecule has 3 N–H and O–H groups in total. The van der Waals surface area contributed by atoms with Crippen LogP contribution in [0.3, 0.4) is 0 Å². The molecule has 0 saturated carbocycles. The van der Waals surface area contributed by atoms with E-state index in [9.17, 15) is 4.79 Å². The van der Waals surface area contributed by atoms with E-state index in [2.05, 4.69) is 25.9 Å². The average molecular weight is 421 g/mol. The molecule has 1 aromatic heterocycles. The van der Waals surface area contributed by atoms with Crippen molar-refractivity contribution in [3.63, 3.8) is 0 Å². The normalized spacial score (nSPS) is 10.3. The van der Waals surface area contributed by atoms with E-state index < -0.39 is 0 Å². The maximum Gasteiger partial charge on any atom is 0.251 e. The van der Waals surface area contributed by atoms with E-state index in [1.165, 1.54) is 0 Å². The van der Waals surface area contributed by atoms with E-state index >= 15 is 0 Å². The first-order valence-corrected chi connectivity index (χ1v) is 10.0. The standard InChI is InChI=1S/C23H28N6O2/c1-16-15-21(27-18-7-11-20(31-4)12-8-18)28-23(26-16)25-14-13-24-22(30)17-5-9-19(10-6-17)29(2)3/h5-12,15H,13-14H2,1-4H3,(H,24,30)(H2,25,26,27,28). The highest BCUT2D eigenvalue weighted by Crippen LogP contribution is 2.20. The largest absolute Gasteiger partial charge is 0.497 e. The summed E-state index contributed by atoms with van der Waals surface area (Å²) in [4.78, 5) is 23.2. The molecule has 3 rings (SSSR count). The molecule has 0 aliphatic rings. The number of carbonyl (C=O) groups excluding carboxylic acids is 1. The quantitative estimate of drug-likeness (QED) is 0.457. The lowest BCUT2D eigenvalue weighted by atomic mass is 10.2. The van der Waals surface area contributed by atoms with Gasteiger partial charge in [0.25, 0.3) is 5.91 Å². The van der Waals surface area contributed by atoms with Crippen LogP contribution < -0.4 is 25.6 Å². The minimum Gasteiger partial charge on any atom is -0.497 e. The summed E-state index contributed by atoms with van der Waals surface area (Å²) in [6.07, 6.45) is 0. The smallest absolute Gasteiger partial charge is 0.251 e. The van der Waals surface area contributed by atoms with Crippen LogP contribution >= 0.6 is 0 Å². The van der Waals surface area contributed by atoms with Gasteiger partial charge in [0.2, 0.25) is 5.95 Å². The van der Waals surface area contributed by atoms with Gasteiger partial charge in [-0.15, -0.1) is 0 Å². The lowest BCUT2D eigenvalue weighted by Crippen LogP contribution is -2.29. The van der Waals surface area contributed by atoms with Crippen molar-refractivity contribution in [3.8, 4) is 5.75 Å². The number of hydrogen-bond donors (Lipinski definition) is 3. The number of aryl methyl sites for hydroxylation is 1. The van der Waals surface area contributed by atoms with Crippen molar-refractivity contribution in [2.45, 2.75) is 6.92 Å². The molecule has 0 bridgehead atoms. The molecular weight excluding hydrogens is 392 g/mol. The molecule has 1 amide bonds. The van der Waals surface area contributed by atoms with Crippen molar-refractivity contribution >= 4 is 29.0 Å². The summed E-state index contributed by atoms with van der Waals surface area (Å²) < 4.78 is 5.18. The van der Waals surface area contributed by atoms with Gasteiger partial charge in [0.1, 0.15) is 11.6 Å². The summed E-state index contributed by atoms with van der Waals surface area (Å²) in [6.45, 7) is 2.87. The molecule has 0 radical (unpaired) electrons. The fraction of sp³-hybridized carbons (Fsp3) is 0.261. The van der Waals surface area contributed by atoms with Crippen molar-refractivity contribution in [2.75, 3.05) is 49.8 Å². The van der Waals surface area contributed by atoms with Crippen molar-refractivity contribution in [3.05, 3.63) is 65.9 Å². The van der Waals surface area contributed by atoms with Crippen LogP contribution in [0.15, 0.2) is 54.6 Å². The van der Waals surface area contributed by atoms with Crippen LogP contribution in [-0.4, -0.2) is 50.2 Å². The Morgan fingerprint density at radius 2 is 1.71 bits per heavy atom. The first-order valence-electron chi connectivity index (χ1n) is 10.0. The summed E-state index contributed by atoms with van der Waals surface area (Å²) in [5.74, 6) is 1.87. The van der Waals surface area contributed by atoms with Gasteiger partial charge in [-0.05, 0) is 55.5 Å². The van der Waals surface area contributed by atoms with Crippen LogP contribution in [0.1, 0.15) is 16.1 Å². The molecule has 162 valence electrons. The Balaban J connectivity index is 1.51.